The first-order valence-corrected chi connectivity index (χ1v) is 6.10. The Bertz CT molecular complexity index is 493. The lowest BCUT2D eigenvalue weighted by Crippen LogP contribution is -2.39. The van der Waals surface area contributed by atoms with Crippen LogP contribution >= 0.6 is 11.6 Å². The second-order valence-electron chi connectivity index (χ2n) is 4.30. The molecule has 0 saturated carbocycles. The number of hydrogen-bond acceptors (Lipinski definition) is 4. The molecule has 1 fully saturated rings. The van der Waals surface area contributed by atoms with Crippen molar-refractivity contribution in [2.24, 2.45) is 5.73 Å². The van der Waals surface area contributed by atoms with E-state index in [1.807, 2.05) is 0 Å². The Labute approximate surface area is 110 Å². The molecular weight excluding hydrogens is 254 g/mol. The number of piperidine rings is 1. The second kappa shape index (κ2) is 5.04. The summed E-state index contributed by atoms with van der Waals surface area (Å²) in [6.45, 7) is 2.10. The number of pyridine rings is 1. The molecule has 96 valence electrons. The summed E-state index contributed by atoms with van der Waals surface area (Å²) in [5.74, 6) is -0.954. The van der Waals surface area contributed by atoms with Crippen molar-refractivity contribution in [3.05, 3.63) is 28.0 Å². The van der Waals surface area contributed by atoms with E-state index in [0.717, 1.165) is 0 Å². The van der Waals surface area contributed by atoms with E-state index in [-0.39, 0.29) is 11.8 Å². The molecule has 6 heteroatoms. The van der Waals surface area contributed by atoms with E-state index >= 15 is 0 Å². The van der Waals surface area contributed by atoms with E-state index < -0.39 is 5.92 Å². The van der Waals surface area contributed by atoms with Crippen LogP contribution in [0.5, 0.6) is 0 Å². The first-order chi connectivity index (χ1) is 8.52. The normalized spacial score (nSPS) is 19.8. The fourth-order valence-corrected chi connectivity index (χ4v) is 2.59. The fourth-order valence-electron chi connectivity index (χ4n) is 2.20. The average Bonchev–Trinajstić information content (AvgIpc) is 2.30. The van der Waals surface area contributed by atoms with Crippen LogP contribution < -0.4 is 11.1 Å². The number of carbonyl (C=O) groups excluding carboxylic acids is 2. The first-order valence-electron chi connectivity index (χ1n) is 5.72. The molecule has 0 aromatic carbocycles. The lowest BCUT2D eigenvalue weighted by Gasteiger charge is -2.23. The summed E-state index contributed by atoms with van der Waals surface area (Å²) < 4.78 is 0. The minimum absolute atomic E-state index is 0.239. The maximum atomic E-state index is 11.8. The molecule has 0 radical (unpaired) electrons. The highest BCUT2D eigenvalue weighted by molar-refractivity contribution is 6.31. The zero-order valence-electron chi connectivity index (χ0n) is 10.00. The molecule has 1 saturated heterocycles. The van der Waals surface area contributed by atoms with Crippen molar-refractivity contribution in [3.8, 4) is 0 Å². The van der Waals surface area contributed by atoms with Crippen molar-refractivity contribution in [2.75, 3.05) is 0 Å². The van der Waals surface area contributed by atoms with Crippen LogP contribution in [0.1, 0.15) is 35.7 Å². The smallest absolute Gasteiger partial charge is 0.234 e. The van der Waals surface area contributed by atoms with Gasteiger partial charge >= 0.3 is 0 Å². The van der Waals surface area contributed by atoms with Gasteiger partial charge in [-0.15, -0.1) is 0 Å². The van der Waals surface area contributed by atoms with Crippen molar-refractivity contribution < 1.29 is 9.59 Å². The highest BCUT2D eigenvalue weighted by Gasteiger charge is 2.31. The molecule has 5 nitrogen and oxygen atoms in total. The van der Waals surface area contributed by atoms with Crippen LogP contribution in [-0.2, 0) is 16.1 Å². The van der Waals surface area contributed by atoms with E-state index in [4.69, 9.17) is 17.3 Å². The van der Waals surface area contributed by atoms with Gasteiger partial charge in [0.1, 0.15) is 0 Å². The molecule has 1 aromatic rings. The first kappa shape index (κ1) is 13.0. The number of imide groups is 1. The maximum Gasteiger partial charge on any atom is 0.234 e. The van der Waals surface area contributed by atoms with E-state index in [0.29, 0.717) is 41.4 Å². The Morgan fingerprint density at radius 3 is 2.83 bits per heavy atom. The van der Waals surface area contributed by atoms with Gasteiger partial charge in [0.05, 0.1) is 11.6 Å². The molecule has 3 N–H and O–H groups in total. The van der Waals surface area contributed by atoms with E-state index in [9.17, 15) is 9.59 Å². The summed E-state index contributed by atoms with van der Waals surface area (Å²) in [4.78, 5) is 27.3. The standard InChI is InChI=1S/C12H14ClN3O2/c1-6-11(9(13)4-7(5-14)15-6)8-2-3-10(17)16-12(8)18/h4,8H,2-3,5,14H2,1H3,(H,16,17,18). The topological polar surface area (TPSA) is 85.1 Å². The zero-order valence-corrected chi connectivity index (χ0v) is 10.8. The van der Waals surface area contributed by atoms with Crippen LogP contribution in [0.15, 0.2) is 6.07 Å². The van der Waals surface area contributed by atoms with Crippen molar-refractivity contribution in [1.29, 1.82) is 0 Å². The predicted octanol–water partition coefficient (Wildman–Crippen LogP) is 1.02. The van der Waals surface area contributed by atoms with Crippen molar-refractivity contribution >= 4 is 23.4 Å². The third kappa shape index (κ3) is 2.37. The highest BCUT2D eigenvalue weighted by atomic mass is 35.5. The van der Waals surface area contributed by atoms with Crippen LogP contribution in [0.3, 0.4) is 0 Å². The van der Waals surface area contributed by atoms with Gasteiger partial charge in [0, 0.05) is 29.2 Å². The number of carbonyl (C=O) groups is 2. The Morgan fingerprint density at radius 1 is 1.56 bits per heavy atom. The number of hydrogen-bond donors (Lipinski definition) is 2. The summed E-state index contributed by atoms with van der Waals surface area (Å²) in [5.41, 5.74) is 7.59. The Hall–Kier alpha value is -1.46. The quantitative estimate of drug-likeness (QED) is 0.784. The molecule has 1 aliphatic rings. The van der Waals surface area contributed by atoms with E-state index in [1.54, 1.807) is 13.0 Å². The van der Waals surface area contributed by atoms with Crippen molar-refractivity contribution in [3.63, 3.8) is 0 Å². The van der Waals surface area contributed by atoms with Gasteiger partial charge in [-0.3, -0.25) is 19.9 Å². The number of halogens is 1. The number of aryl methyl sites for hydroxylation is 1. The van der Waals surface area contributed by atoms with E-state index in [1.165, 1.54) is 0 Å². The lowest BCUT2D eigenvalue weighted by atomic mass is 9.89. The number of nitrogens with two attached hydrogens (primary N) is 1. The summed E-state index contributed by atoms with van der Waals surface area (Å²) in [6, 6.07) is 1.67. The van der Waals surface area contributed by atoms with Crippen molar-refractivity contribution in [1.82, 2.24) is 10.3 Å². The van der Waals surface area contributed by atoms with E-state index in [2.05, 4.69) is 10.3 Å². The number of nitrogens with zero attached hydrogens (tertiary/aromatic N) is 1. The minimum Gasteiger partial charge on any atom is -0.325 e. The molecule has 1 aliphatic heterocycles. The van der Waals surface area contributed by atoms with Gasteiger partial charge < -0.3 is 5.73 Å². The maximum absolute atomic E-state index is 11.8. The zero-order chi connectivity index (χ0) is 13.3. The highest BCUT2D eigenvalue weighted by Crippen LogP contribution is 2.32. The summed E-state index contributed by atoms with van der Waals surface area (Å²) in [7, 11) is 0. The Morgan fingerprint density at radius 2 is 2.28 bits per heavy atom. The lowest BCUT2D eigenvalue weighted by molar-refractivity contribution is -0.134. The van der Waals surface area contributed by atoms with Gasteiger partial charge in [0.2, 0.25) is 11.8 Å². The largest absolute Gasteiger partial charge is 0.325 e. The molecule has 1 aromatic heterocycles. The molecule has 2 heterocycles. The molecule has 0 aliphatic carbocycles. The van der Waals surface area contributed by atoms with Crippen LogP contribution in [0.4, 0.5) is 0 Å². The molecule has 1 unspecified atom stereocenters. The van der Waals surface area contributed by atoms with Gasteiger partial charge in [0.15, 0.2) is 0 Å². The SMILES string of the molecule is Cc1nc(CN)cc(Cl)c1C1CCC(=O)NC1=O. The number of amides is 2. The van der Waals surface area contributed by atoms with Gasteiger partial charge in [-0.2, -0.15) is 0 Å². The predicted molar refractivity (Wildman–Crippen MR) is 67.0 cm³/mol. The summed E-state index contributed by atoms with van der Waals surface area (Å²) >= 11 is 6.19. The number of aromatic nitrogens is 1. The summed E-state index contributed by atoms with van der Waals surface area (Å²) in [6.07, 6.45) is 0.791. The molecule has 2 amide bonds. The fraction of sp³-hybridized carbons (Fsp3) is 0.417. The van der Waals surface area contributed by atoms with Gasteiger partial charge in [-0.05, 0) is 19.4 Å². The van der Waals surface area contributed by atoms with Gasteiger partial charge in [0.25, 0.3) is 0 Å². The van der Waals surface area contributed by atoms with Crippen LogP contribution in [0, 0.1) is 6.92 Å². The monoisotopic (exact) mass is 267 g/mol. The molecule has 2 rings (SSSR count). The summed E-state index contributed by atoms with van der Waals surface area (Å²) in [5, 5.41) is 2.81. The third-order valence-electron chi connectivity index (χ3n) is 3.05. The van der Waals surface area contributed by atoms with Crippen LogP contribution in [0.25, 0.3) is 0 Å². The van der Waals surface area contributed by atoms with Gasteiger partial charge in [-0.25, -0.2) is 0 Å². The molecule has 1 atom stereocenters. The number of rotatable bonds is 2. The Kier molecular flexibility index (Phi) is 3.63. The Balaban J connectivity index is 2.39. The van der Waals surface area contributed by atoms with Crippen LogP contribution in [0.2, 0.25) is 5.02 Å². The molecule has 18 heavy (non-hydrogen) atoms. The van der Waals surface area contributed by atoms with Crippen LogP contribution in [-0.4, -0.2) is 16.8 Å². The number of nitrogens with one attached hydrogen (secondary N) is 1. The van der Waals surface area contributed by atoms with Crippen molar-refractivity contribution in [2.45, 2.75) is 32.2 Å². The average molecular weight is 268 g/mol. The second-order valence-corrected chi connectivity index (χ2v) is 4.71. The van der Waals surface area contributed by atoms with Gasteiger partial charge in [-0.1, -0.05) is 11.6 Å². The molecular formula is C12H14ClN3O2. The minimum atomic E-state index is -0.408. The molecule has 0 spiro atoms. The molecule has 0 bridgehead atoms. The third-order valence-corrected chi connectivity index (χ3v) is 3.36.